The summed E-state index contributed by atoms with van der Waals surface area (Å²) in [5.74, 6) is -1.18. The van der Waals surface area contributed by atoms with Crippen molar-refractivity contribution in [3.05, 3.63) is 46.5 Å². The number of aliphatic hydroxyl groups excluding tert-OH is 1. The van der Waals surface area contributed by atoms with Gasteiger partial charge in [-0.25, -0.2) is 0 Å². The van der Waals surface area contributed by atoms with E-state index in [1.807, 2.05) is 12.1 Å². The summed E-state index contributed by atoms with van der Waals surface area (Å²) < 4.78 is 6.02. The molecule has 198 valence electrons. The molecule has 2 aliphatic carbocycles. The standard InChI is InChI=1S/C29H38BNO6/c1-2-18(13-19-7-6-10-22(33)14-19)11-12-25-26-20(17-32)15-23-27(24(26)16-30(36)37-25)29(35)31(28(23)34)21-8-4-3-5-9-21/h6-7,10,13-14,21,23-25,27,32-33,36H,2-5,8-9,11-12,15-17H2,1H3/b18-13+/t23-,24+,25-,27-/m1/s1. The van der Waals surface area contributed by atoms with Crippen molar-refractivity contribution in [1.82, 2.24) is 4.90 Å². The highest BCUT2D eigenvalue weighted by Crippen LogP contribution is 2.51. The van der Waals surface area contributed by atoms with Gasteiger partial charge in [-0.3, -0.25) is 14.5 Å². The molecule has 0 radical (unpaired) electrons. The lowest BCUT2D eigenvalue weighted by atomic mass is 9.58. The van der Waals surface area contributed by atoms with E-state index < -0.39 is 25.1 Å². The van der Waals surface area contributed by atoms with Gasteiger partial charge in [0.25, 0.3) is 0 Å². The predicted molar refractivity (Wildman–Crippen MR) is 141 cm³/mol. The van der Waals surface area contributed by atoms with Gasteiger partial charge in [-0.2, -0.15) is 0 Å². The van der Waals surface area contributed by atoms with Gasteiger partial charge in [0, 0.05) is 6.04 Å². The lowest BCUT2D eigenvalue weighted by Gasteiger charge is -2.43. The number of carbonyl (C=O) groups excluding carboxylic acids is 2. The van der Waals surface area contributed by atoms with Crippen LogP contribution in [0.2, 0.25) is 6.32 Å². The molecular formula is C29H38BNO6. The Labute approximate surface area is 219 Å². The van der Waals surface area contributed by atoms with Crippen molar-refractivity contribution in [2.75, 3.05) is 6.61 Å². The summed E-state index contributed by atoms with van der Waals surface area (Å²) in [5, 5.41) is 30.8. The molecule has 37 heavy (non-hydrogen) atoms. The Morgan fingerprint density at radius 3 is 2.65 bits per heavy atom. The van der Waals surface area contributed by atoms with Crippen LogP contribution in [-0.2, 0) is 14.2 Å². The van der Waals surface area contributed by atoms with Crippen LogP contribution in [0.25, 0.3) is 6.08 Å². The van der Waals surface area contributed by atoms with Crippen molar-refractivity contribution in [1.29, 1.82) is 0 Å². The zero-order valence-electron chi connectivity index (χ0n) is 21.6. The molecule has 1 aromatic carbocycles. The molecule has 0 spiro atoms. The van der Waals surface area contributed by atoms with Gasteiger partial charge in [0.15, 0.2) is 0 Å². The fourth-order valence-corrected chi connectivity index (χ4v) is 7.15. The summed E-state index contributed by atoms with van der Waals surface area (Å²) in [6.45, 7) is 1.91. The lowest BCUT2D eigenvalue weighted by molar-refractivity contribution is -0.143. The van der Waals surface area contributed by atoms with Crippen LogP contribution in [0.15, 0.2) is 41.0 Å². The van der Waals surface area contributed by atoms with E-state index in [4.69, 9.17) is 4.65 Å². The highest BCUT2D eigenvalue weighted by Gasteiger charge is 2.58. The number of fused-ring (bicyclic) bond motifs is 3. The molecule has 2 heterocycles. The first kappa shape index (κ1) is 26.2. The van der Waals surface area contributed by atoms with Crippen molar-refractivity contribution >= 4 is 25.0 Å². The largest absolute Gasteiger partial charge is 0.508 e. The van der Waals surface area contributed by atoms with E-state index in [0.29, 0.717) is 19.3 Å². The van der Waals surface area contributed by atoms with Crippen LogP contribution in [0.3, 0.4) is 0 Å². The molecule has 4 atom stereocenters. The summed E-state index contributed by atoms with van der Waals surface area (Å²) in [4.78, 5) is 28.8. The minimum atomic E-state index is -1.01. The Morgan fingerprint density at radius 1 is 1.16 bits per heavy atom. The first-order chi connectivity index (χ1) is 17.9. The number of aliphatic hydroxyl groups is 1. The van der Waals surface area contributed by atoms with E-state index in [9.17, 15) is 24.8 Å². The zero-order valence-corrected chi connectivity index (χ0v) is 21.6. The molecule has 1 saturated carbocycles. The molecule has 1 aromatic rings. The first-order valence-corrected chi connectivity index (χ1v) is 13.9. The van der Waals surface area contributed by atoms with Crippen molar-refractivity contribution < 1.29 is 29.5 Å². The van der Waals surface area contributed by atoms with Crippen LogP contribution in [0, 0.1) is 17.8 Å². The number of likely N-dealkylation sites (tertiary alicyclic amines) is 1. The average Bonchev–Trinajstić information content (AvgIpc) is 3.15. The average molecular weight is 507 g/mol. The van der Waals surface area contributed by atoms with E-state index in [1.54, 1.807) is 17.0 Å². The number of rotatable bonds is 7. The molecule has 5 rings (SSSR count). The summed E-state index contributed by atoms with van der Waals surface area (Å²) in [5.41, 5.74) is 3.83. The molecule has 2 amide bonds. The van der Waals surface area contributed by atoms with E-state index in [1.165, 1.54) is 5.57 Å². The number of phenols is 1. The van der Waals surface area contributed by atoms with E-state index >= 15 is 0 Å². The Morgan fingerprint density at radius 2 is 1.95 bits per heavy atom. The van der Waals surface area contributed by atoms with Crippen LogP contribution in [0.1, 0.15) is 70.3 Å². The third-order valence-corrected chi connectivity index (χ3v) is 8.90. The summed E-state index contributed by atoms with van der Waals surface area (Å²) >= 11 is 0. The molecule has 3 fully saturated rings. The van der Waals surface area contributed by atoms with Gasteiger partial charge >= 0.3 is 7.12 Å². The maximum absolute atomic E-state index is 13.7. The van der Waals surface area contributed by atoms with E-state index in [2.05, 4.69) is 13.0 Å². The van der Waals surface area contributed by atoms with Gasteiger partial charge in [0.1, 0.15) is 5.75 Å². The number of phenolic OH excluding ortho intramolecular Hbond substituents is 1. The van der Waals surface area contributed by atoms with Gasteiger partial charge in [0.05, 0.1) is 24.5 Å². The van der Waals surface area contributed by atoms with Crippen LogP contribution in [0.5, 0.6) is 5.75 Å². The van der Waals surface area contributed by atoms with Gasteiger partial charge in [-0.1, -0.05) is 50.0 Å². The minimum absolute atomic E-state index is 0.0180. The Hall–Kier alpha value is -2.42. The number of hydrogen-bond donors (Lipinski definition) is 3. The Balaban J connectivity index is 1.39. The number of allylic oxidation sites excluding steroid dienone is 1. The predicted octanol–water partition coefficient (Wildman–Crippen LogP) is 4.09. The summed E-state index contributed by atoms with van der Waals surface area (Å²) in [6.07, 6.45) is 9.42. The second kappa shape index (κ2) is 11.1. The molecule has 0 unspecified atom stereocenters. The van der Waals surface area contributed by atoms with Gasteiger partial charge in [-0.15, -0.1) is 0 Å². The number of benzene rings is 1. The number of hydrogen-bond acceptors (Lipinski definition) is 6. The maximum atomic E-state index is 13.7. The number of nitrogens with zero attached hydrogens (tertiary/aromatic N) is 1. The molecule has 0 bridgehead atoms. The first-order valence-electron chi connectivity index (χ1n) is 13.9. The molecule has 8 heteroatoms. The highest BCUT2D eigenvalue weighted by molar-refractivity contribution is 6.43. The van der Waals surface area contributed by atoms with E-state index in [-0.39, 0.29) is 42.5 Å². The van der Waals surface area contributed by atoms with Crippen molar-refractivity contribution in [3.8, 4) is 5.75 Å². The third kappa shape index (κ3) is 5.16. The van der Waals surface area contributed by atoms with Crippen LogP contribution < -0.4 is 0 Å². The smallest absolute Gasteiger partial charge is 0.455 e. The van der Waals surface area contributed by atoms with Crippen molar-refractivity contribution in [3.63, 3.8) is 0 Å². The van der Waals surface area contributed by atoms with E-state index in [0.717, 1.165) is 55.2 Å². The SMILES string of the molecule is CC/C(=C\c1cccc(O)c1)CC[C@H]1OB(O)C[C@H]2C1=C(CO)C[C@H]1C(=O)N(C3CCCCC3)C(=O)[C@H]12. The van der Waals surface area contributed by atoms with Crippen LogP contribution >= 0.6 is 0 Å². The van der Waals surface area contributed by atoms with Gasteiger partial charge in [0.2, 0.25) is 11.8 Å². The molecule has 3 N–H and O–H groups in total. The summed E-state index contributed by atoms with van der Waals surface area (Å²) in [7, 11) is -1.01. The second-order valence-electron chi connectivity index (χ2n) is 11.1. The molecule has 2 saturated heterocycles. The van der Waals surface area contributed by atoms with Gasteiger partial charge in [-0.05, 0) is 79.6 Å². The number of aromatic hydroxyl groups is 1. The molecule has 2 aliphatic heterocycles. The normalized spacial score (nSPS) is 29.1. The van der Waals surface area contributed by atoms with Crippen molar-refractivity contribution in [2.24, 2.45) is 17.8 Å². The maximum Gasteiger partial charge on any atom is 0.455 e. The molecule has 7 nitrogen and oxygen atoms in total. The monoisotopic (exact) mass is 507 g/mol. The Kier molecular flexibility index (Phi) is 7.89. The molecular weight excluding hydrogens is 469 g/mol. The quantitative estimate of drug-likeness (QED) is 0.292. The number of amides is 2. The molecule has 0 aromatic heterocycles. The second-order valence-corrected chi connectivity index (χ2v) is 11.1. The summed E-state index contributed by atoms with van der Waals surface area (Å²) in [6, 6.07) is 7.11. The Bertz CT molecular complexity index is 1090. The minimum Gasteiger partial charge on any atom is -0.508 e. The fourth-order valence-electron chi connectivity index (χ4n) is 7.15. The number of imide groups is 1. The number of carbonyl (C=O) groups is 2. The van der Waals surface area contributed by atoms with Crippen LogP contribution in [0.4, 0.5) is 0 Å². The third-order valence-electron chi connectivity index (χ3n) is 8.90. The zero-order chi connectivity index (χ0) is 26.1. The van der Waals surface area contributed by atoms with Crippen LogP contribution in [-0.4, -0.2) is 57.8 Å². The highest BCUT2D eigenvalue weighted by atomic mass is 16.5. The topological polar surface area (TPSA) is 107 Å². The van der Waals surface area contributed by atoms with Gasteiger partial charge < -0.3 is 19.9 Å². The fraction of sp³-hybridized carbons (Fsp3) is 0.586. The lowest BCUT2D eigenvalue weighted by Crippen LogP contribution is -2.47. The van der Waals surface area contributed by atoms with Crippen molar-refractivity contribution in [2.45, 2.75) is 83.2 Å². The molecule has 4 aliphatic rings.